The van der Waals surface area contributed by atoms with E-state index in [0.717, 1.165) is 56.8 Å². The summed E-state index contributed by atoms with van der Waals surface area (Å²) in [5.74, 6) is 0.994. The van der Waals surface area contributed by atoms with Gasteiger partial charge in [-0.3, -0.25) is 4.79 Å². The lowest BCUT2D eigenvalue weighted by Gasteiger charge is -2.39. The molecule has 1 unspecified atom stereocenters. The molecule has 2 heterocycles. The molecule has 3 aromatic rings. The number of amides is 1. The molecule has 1 amide bonds. The van der Waals surface area contributed by atoms with Gasteiger partial charge in [-0.2, -0.15) is 0 Å². The molecule has 1 saturated heterocycles. The molecule has 0 radical (unpaired) electrons. The van der Waals surface area contributed by atoms with Crippen molar-refractivity contribution in [2.75, 3.05) is 39.8 Å². The molecule has 0 aromatic heterocycles. The number of nitrogens with zero attached hydrogens (tertiary/aromatic N) is 2. The number of halogens is 4. The monoisotopic (exact) mass is 590 g/mol. The second-order valence-corrected chi connectivity index (χ2v) is 12.1. The SMILES string of the molecule is CN(CC(CCN1CCC2(CC1)COc1ccccc12)c1ccc(Cl)c(Cl)c1)C(=O)c1cc(Cl)cc(Cl)c1. The fourth-order valence-corrected chi connectivity index (χ4v) is 6.55. The number of likely N-dealkylation sites (tertiary alicyclic amines) is 1. The summed E-state index contributed by atoms with van der Waals surface area (Å²) >= 11 is 24.9. The van der Waals surface area contributed by atoms with Crippen LogP contribution in [0.4, 0.5) is 0 Å². The van der Waals surface area contributed by atoms with E-state index in [-0.39, 0.29) is 17.2 Å². The van der Waals surface area contributed by atoms with Crippen LogP contribution in [0, 0.1) is 0 Å². The first kappa shape index (κ1) is 27.6. The summed E-state index contributed by atoms with van der Waals surface area (Å²) in [5, 5.41) is 1.92. The van der Waals surface area contributed by atoms with Gasteiger partial charge >= 0.3 is 0 Å². The van der Waals surface area contributed by atoms with Crippen molar-refractivity contribution >= 4 is 52.3 Å². The molecule has 4 nitrogen and oxygen atoms in total. The largest absolute Gasteiger partial charge is 0.492 e. The van der Waals surface area contributed by atoms with E-state index in [2.05, 4.69) is 23.1 Å². The quantitative estimate of drug-likeness (QED) is 0.279. The van der Waals surface area contributed by atoms with Crippen LogP contribution in [0.25, 0.3) is 0 Å². The van der Waals surface area contributed by atoms with E-state index >= 15 is 0 Å². The van der Waals surface area contributed by atoms with Crippen LogP contribution in [0.2, 0.25) is 20.1 Å². The van der Waals surface area contributed by atoms with Crippen molar-refractivity contribution in [1.29, 1.82) is 0 Å². The minimum Gasteiger partial charge on any atom is -0.492 e. The van der Waals surface area contributed by atoms with Crippen LogP contribution in [-0.4, -0.2) is 55.5 Å². The predicted octanol–water partition coefficient (Wildman–Crippen LogP) is 7.97. The van der Waals surface area contributed by atoms with Crippen molar-refractivity contribution in [1.82, 2.24) is 9.80 Å². The molecule has 2 aliphatic heterocycles. The van der Waals surface area contributed by atoms with Crippen molar-refractivity contribution in [2.45, 2.75) is 30.6 Å². The summed E-state index contributed by atoms with van der Waals surface area (Å²) < 4.78 is 6.03. The number of benzene rings is 3. The van der Waals surface area contributed by atoms with Crippen LogP contribution < -0.4 is 4.74 Å². The van der Waals surface area contributed by atoms with Gasteiger partial charge in [-0.25, -0.2) is 0 Å². The molecule has 5 rings (SSSR count). The average molecular weight is 592 g/mol. The number of para-hydroxylation sites is 1. The first-order chi connectivity index (χ1) is 18.2. The minimum absolute atomic E-state index is 0.0831. The van der Waals surface area contributed by atoms with Gasteiger partial charge in [0, 0.05) is 46.1 Å². The summed E-state index contributed by atoms with van der Waals surface area (Å²) in [6.07, 6.45) is 3.04. The zero-order valence-electron chi connectivity index (χ0n) is 21.2. The molecule has 0 N–H and O–H groups in total. The second-order valence-electron chi connectivity index (χ2n) is 10.4. The Morgan fingerprint density at radius 3 is 2.39 bits per heavy atom. The lowest BCUT2D eigenvalue weighted by atomic mass is 9.74. The third kappa shape index (κ3) is 5.95. The Hall–Kier alpha value is -1.95. The molecule has 0 saturated carbocycles. The molecule has 0 bridgehead atoms. The smallest absolute Gasteiger partial charge is 0.253 e. The fraction of sp³-hybridized carbons (Fsp3) is 0.367. The second kappa shape index (κ2) is 11.7. The molecule has 0 aliphatic carbocycles. The number of hydrogen-bond acceptors (Lipinski definition) is 3. The summed E-state index contributed by atoms with van der Waals surface area (Å²) in [5.41, 5.74) is 3.02. The molecular formula is C30H30Cl4N2O2. The van der Waals surface area contributed by atoms with Crippen LogP contribution in [0.5, 0.6) is 5.75 Å². The lowest BCUT2D eigenvalue weighted by molar-refractivity contribution is 0.0779. The summed E-state index contributed by atoms with van der Waals surface area (Å²) in [6.45, 7) is 4.25. The van der Waals surface area contributed by atoms with Crippen molar-refractivity contribution in [2.24, 2.45) is 0 Å². The summed E-state index contributed by atoms with van der Waals surface area (Å²) in [4.78, 5) is 17.5. The van der Waals surface area contributed by atoms with Crippen LogP contribution in [0.3, 0.4) is 0 Å². The Labute approximate surface area is 244 Å². The number of likely N-dealkylation sites (N-methyl/N-ethyl adjacent to an activating group) is 1. The van der Waals surface area contributed by atoms with Gasteiger partial charge < -0.3 is 14.5 Å². The maximum absolute atomic E-state index is 13.2. The molecule has 1 spiro atoms. The van der Waals surface area contributed by atoms with Crippen LogP contribution in [0.15, 0.2) is 60.7 Å². The van der Waals surface area contributed by atoms with E-state index in [1.165, 1.54) is 5.56 Å². The normalized spacial score (nSPS) is 17.2. The van der Waals surface area contributed by atoms with E-state index < -0.39 is 0 Å². The topological polar surface area (TPSA) is 32.8 Å². The number of fused-ring (bicyclic) bond motifs is 2. The van der Waals surface area contributed by atoms with Gasteiger partial charge in [0.05, 0.1) is 16.7 Å². The van der Waals surface area contributed by atoms with E-state index in [4.69, 9.17) is 51.1 Å². The van der Waals surface area contributed by atoms with Gasteiger partial charge in [-0.15, -0.1) is 0 Å². The van der Waals surface area contributed by atoms with E-state index in [9.17, 15) is 4.79 Å². The Morgan fingerprint density at radius 1 is 0.974 bits per heavy atom. The summed E-state index contributed by atoms with van der Waals surface area (Å²) in [7, 11) is 1.81. The molecular weight excluding hydrogens is 562 g/mol. The number of piperidine rings is 1. The highest BCUT2D eigenvalue weighted by molar-refractivity contribution is 6.42. The maximum atomic E-state index is 13.2. The fourth-order valence-electron chi connectivity index (χ4n) is 5.72. The van der Waals surface area contributed by atoms with Crippen LogP contribution in [-0.2, 0) is 5.41 Å². The zero-order valence-corrected chi connectivity index (χ0v) is 24.3. The number of carbonyl (C=O) groups is 1. The average Bonchev–Trinajstić information content (AvgIpc) is 3.26. The maximum Gasteiger partial charge on any atom is 0.253 e. The Bertz CT molecular complexity index is 1300. The molecule has 8 heteroatoms. The van der Waals surface area contributed by atoms with Crippen LogP contribution in [0.1, 0.15) is 46.7 Å². The van der Waals surface area contributed by atoms with Gasteiger partial charge in [0.15, 0.2) is 0 Å². The van der Waals surface area contributed by atoms with Gasteiger partial charge in [-0.1, -0.05) is 70.7 Å². The van der Waals surface area contributed by atoms with Crippen LogP contribution >= 0.6 is 46.4 Å². The number of rotatable bonds is 7. The number of hydrogen-bond donors (Lipinski definition) is 0. The van der Waals surface area contributed by atoms with E-state index in [1.807, 2.05) is 31.3 Å². The van der Waals surface area contributed by atoms with Gasteiger partial charge in [0.1, 0.15) is 5.75 Å². The van der Waals surface area contributed by atoms with Crippen molar-refractivity contribution in [3.8, 4) is 5.75 Å². The first-order valence-electron chi connectivity index (χ1n) is 12.9. The summed E-state index contributed by atoms with van der Waals surface area (Å²) in [6, 6.07) is 19.1. The molecule has 3 aromatic carbocycles. The highest BCUT2D eigenvalue weighted by Gasteiger charge is 2.42. The highest BCUT2D eigenvalue weighted by Crippen LogP contribution is 2.45. The number of carbonyl (C=O) groups excluding carboxylic acids is 1. The van der Waals surface area contributed by atoms with Crippen molar-refractivity contribution in [3.63, 3.8) is 0 Å². The molecule has 38 heavy (non-hydrogen) atoms. The molecule has 1 atom stereocenters. The third-order valence-electron chi connectivity index (χ3n) is 7.93. The predicted molar refractivity (Wildman–Crippen MR) is 157 cm³/mol. The van der Waals surface area contributed by atoms with E-state index in [1.54, 1.807) is 23.1 Å². The first-order valence-corrected chi connectivity index (χ1v) is 14.4. The molecule has 2 aliphatic rings. The Kier molecular flexibility index (Phi) is 8.47. The van der Waals surface area contributed by atoms with Crippen molar-refractivity contribution in [3.05, 3.63) is 97.4 Å². The standard InChI is InChI=1S/C30H30Cl4N2O2/c1-35(29(37)22-14-23(31)17-24(32)15-22)18-21(20-6-7-26(33)27(34)16-20)8-11-36-12-9-30(10-13-36)19-38-28-5-3-2-4-25(28)30/h2-7,14-17,21H,8-13,18-19H2,1H3. The van der Waals surface area contributed by atoms with Gasteiger partial charge in [0.25, 0.3) is 5.91 Å². The molecule has 1 fully saturated rings. The lowest BCUT2D eigenvalue weighted by Crippen LogP contribution is -2.44. The zero-order chi connectivity index (χ0) is 26.9. The Balaban J connectivity index is 1.27. The van der Waals surface area contributed by atoms with E-state index in [0.29, 0.717) is 32.2 Å². The minimum atomic E-state index is -0.126. The van der Waals surface area contributed by atoms with Gasteiger partial charge in [0.2, 0.25) is 0 Å². The van der Waals surface area contributed by atoms with Crippen molar-refractivity contribution < 1.29 is 9.53 Å². The van der Waals surface area contributed by atoms with Gasteiger partial charge in [-0.05, 0) is 80.9 Å². The third-order valence-corrected chi connectivity index (χ3v) is 9.11. The highest BCUT2D eigenvalue weighted by atomic mass is 35.5. The number of ether oxygens (including phenoxy) is 1. The Morgan fingerprint density at radius 2 is 1.68 bits per heavy atom. The molecule has 200 valence electrons.